The number of fused-ring (bicyclic) bond motifs is 3. The van der Waals surface area contributed by atoms with Gasteiger partial charge in [-0.1, -0.05) is 77.0 Å². The molecule has 1 aliphatic carbocycles. The molecule has 0 saturated carbocycles. The molecule has 1 unspecified atom stereocenters. The number of hydrogen-bond donors (Lipinski definition) is 0. The molecule has 2 aliphatic rings. The van der Waals surface area contributed by atoms with E-state index in [1.54, 1.807) is 37.0 Å². The van der Waals surface area contributed by atoms with Gasteiger partial charge >= 0.3 is 0 Å². The number of nitrogens with zero attached hydrogens (tertiary/aromatic N) is 2. The molecule has 1 aliphatic heterocycles. The molecular formula is C29H22Cl2N2O3S. The van der Waals surface area contributed by atoms with Crippen molar-refractivity contribution in [2.45, 2.75) is 18.9 Å². The summed E-state index contributed by atoms with van der Waals surface area (Å²) in [6.07, 6.45) is 3.46. The lowest BCUT2D eigenvalue weighted by Gasteiger charge is -2.31. The van der Waals surface area contributed by atoms with Gasteiger partial charge in [-0.05, 0) is 53.8 Å². The van der Waals surface area contributed by atoms with Gasteiger partial charge in [-0.2, -0.15) is 0 Å². The van der Waals surface area contributed by atoms with Crippen LogP contribution in [-0.2, 0) is 6.42 Å². The Morgan fingerprint density at radius 1 is 1.03 bits per heavy atom. The van der Waals surface area contributed by atoms with Gasteiger partial charge in [0.25, 0.3) is 5.56 Å². The number of thiazole rings is 1. The molecule has 2 heterocycles. The van der Waals surface area contributed by atoms with Gasteiger partial charge in [0.2, 0.25) is 0 Å². The number of methoxy groups -OCH3 is 2. The zero-order valence-corrected chi connectivity index (χ0v) is 22.5. The van der Waals surface area contributed by atoms with E-state index in [0.717, 1.165) is 40.8 Å². The molecule has 4 aromatic rings. The molecule has 186 valence electrons. The van der Waals surface area contributed by atoms with Gasteiger partial charge in [-0.25, -0.2) is 4.99 Å². The zero-order valence-electron chi connectivity index (χ0n) is 20.1. The van der Waals surface area contributed by atoms with Crippen LogP contribution in [0.3, 0.4) is 0 Å². The highest BCUT2D eigenvalue weighted by Crippen LogP contribution is 2.45. The van der Waals surface area contributed by atoms with E-state index in [2.05, 4.69) is 18.2 Å². The number of para-hydroxylation sites is 1. The lowest BCUT2D eigenvalue weighted by atomic mass is 9.83. The third kappa shape index (κ3) is 4.00. The number of ether oxygens (including phenoxy) is 2. The van der Waals surface area contributed by atoms with Crippen LogP contribution in [0.5, 0.6) is 11.5 Å². The predicted molar refractivity (Wildman–Crippen MR) is 149 cm³/mol. The molecule has 8 heteroatoms. The summed E-state index contributed by atoms with van der Waals surface area (Å²) in [5.41, 5.74) is 5.84. The summed E-state index contributed by atoms with van der Waals surface area (Å²) in [6, 6.07) is 19.0. The summed E-state index contributed by atoms with van der Waals surface area (Å²) in [5.74, 6) is 1.23. The third-order valence-corrected chi connectivity index (χ3v) is 8.40. The molecule has 1 atom stereocenters. The Hall–Kier alpha value is -3.32. The van der Waals surface area contributed by atoms with E-state index in [1.165, 1.54) is 16.9 Å². The monoisotopic (exact) mass is 548 g/mol. The van der Waals surface area contributed by atoms with E-state index < -0.39 is 0 Å². The molecule has 0 radical (unpaired) electrons. The summed E-state index contributed by atoms with van der Waals surface area (Å²) in [6.45, 7) is 0. The van der Waals surface area contributed by atoms with Crippen LogP contribution in [0.4, 0.5) is 0 Å². The summed E-state index contributed by atoms with van der Waals surface area (Å²) in [4.78, 5) is 19.7. The van der Waals surface area contributed by atoms with Gasteiger partial charge < -0.3 is 9.47 Å². The van der Waals surface area contributed by atoms with Gasteiger partial charge in [0.15, 0.2) is 16.3 Å². The second kappa shape index (κ2) is 9.53. The van der Waals surface area contributed by atoms with Crippen LogP contribution in [0.2, 0.25) is 10.0 Å². The second-order valence-corrected chi connectivity index (χ2v) is 10.7. The van der Waals surface area contributed by atoms with Crippen molar-refractivity contribution in [1.82, 2.24) is 4.57 Å². The maximum absolute atomic E-state index is 14.0. The Morgan fingerprint density at radius 3 is 2.65 bits per heavy atom. The Balaban J connectivity index is 1.66. The van der Waals surface area contributed by atoms with Crippen LogP contribution >= 0.6 is 34.5 Å². The van der Waals surface area contributed by atoms with Crippen LogP contribution < -0.4 is 24.4 Å². The molecular weight excluding hydrogens is 527 g/mol. The molecule has 0 bridgehead atoms. The van der Waals surface area contributed by atoms with E-state index in [0.29, 0.717) is 30.9 Å². The van der Waals surface area contributed by atoms with Crippen molar-refractivity contribution >= 4 is 46.3 Å². The second-order valence-electron chi connectivity index (χ2n) is 8.86. The lowest BCUT2D eigenvalue weighted by Crippen LogP contribution is -2.39. The molecule has 37 heavy (non-hydrogen) atoms. The third-order valence-electron chi connectivity index (χ3n) is 6.85. The Kier molecular flexibility index (Phi) is 6.19. The van der Waals surface area contributed by atoms with E-state index >= 15 is 0 Å². The fourth-order valence-corrected chi connectivity index (χ4v) is 6.64. The first-order valence-corrected chi connectivity index (χ1v) is 13.4. The predicted octanol–water partition coefficient (Wildman–Crippen LogP) is 5.64. The van der Waals surface area contributed by atoms with Crippen molar-refractivity contribution in [3.8, 4) is 11.5 Å². The minimum Gasteiger partial charge on any atom is -0.493 e. The van der Waals surface area contributed by atoms with Crippen molar-refractivity contribution in [3.05, 3.63) is 118 Å². The van der Waals surface area contributed by atoms with E-state index in [4.69, 9.17) is 37.7 Å². The summed E-state index contributed by atoms with van der Waals surface area (Å²) in [5, 5.41) is 1.03. The Bertz CT molecular complexity index is 1770. The van der Waals surface area contributed by atoms with Crippen LogP contribution in [-0.4, -0.2) is 18.8 Å². The van der Waals surface area contributed by atoms with Gasteiger partial charge in [-0.15, -0.1) is 0 Å². The first-order chi connectivity index (χ1) is 18.0. The number of aromatic nitrogens is 1. The summed E-state index contributed by atoms with van der Waals surface area (Å²) in [7, 11) is 3.24. The van der Waals surface area contributed by atoms with Crippen molar-refractivity contribution in [2.24, 2.45) is 4.99 Å². The average Bonchev–Trinajstić information content (AvgIpc) is 3.22. The average molecular weight is 549 g/mol. The SMILES string of the molecule is COc1cccc(C2C3=C(N=c4sc(=Cc5ccc(Cl)cc5Cl)c(=O)n42)c2ccccc2CC3)c1OC. The van der Waals surface area contributed by atoms with E-state index in [-0.39, 0.29) is 11.6 Å². The number of benzene rings is 3. The molecule has 1 aromatic heterocycles. The fourth-order valence-electron chi connectivity index (χ4n) is 5.19. The largest absolute Gasteiger partial charge is 0.493 e. The lowest BCUT2D eigenvalue weighted by molar-refractivity contribution is 0.348. The molecule has 6 rings (SSSR count). The van der Waals surface area contributed by atoms with E-state index in [9.17, 15) is 4.79 Å². The Labute approximate surface area is 227 Å². The summed E-state index contributed by atoms with van der Waals surface area (Å²) >= 11 is 13.9. The smallest absolute Gasteiger partial charge is 0.271 e. The zero-order chi connectivity index (χ0) is 25.7. The highest BCUT2D eigenvalue weighted by Gasteiger charge is 2.34. The topological polar surface area (TPSA) is 52.8 Å². The number of hydrogen-bond acceptors (Lipinski definition) is 5. The number of halogens is 2. The number of rotatable bonds is 4. The van der Waals surface area contributed by atoms with E-state index in [1.807, 2.05) is 30.3 Å². The highest BCUT2D eigenvalue weighted by molar-refractivity contribution is 7.07. The molecule has 0 spiro atoms. The van der Waals surface area contributed by atoms with Gasteiger partial charge in [0.1, 0.15) is 0 Å². The molecule has 5 nitrogen and oxygen atoms in total. The fraction of sp³-hybridized carbons (Fsp3) is 0.172. The Morgan fingerprint density at radius 2 is 1.86 bits per heavy atom. The minimum atomic E-state index is -0.382. The number of allylic oxidation sites excluding steroid dienone is 1. The maximum Gasteiger partial charge on any atom is 0.271 e. The molecule has 3 aromatic carbocycles. The molecule has 0 fully saturated rings. The highest BCUT2D eigenvalue weighted by atomic mass is 35.5. The molecule has 0 N–H and O–H groups in total. The summed E-state index contributed by atoms with van der Waals surface area (Å²) < 4.78 is 13.8. The first kappa shape index (κ1) is 24.0. The van der Waals surface area contributed by atoms with Crippen LogP contribution in [0.25, 0.3) is 11.8 Å². The minimum absolute atomic E-state index is 0.130. The van der Waals surface area contributed by atoms with Gasteiger partial charge in [-0.3, -0.25) is 9.36 Å². The normalized spacial score (nSPS) is 16.5. The van der Waals surface area contributed by atoms with Crippen molar-refractivity contribution in [1.29, 1.82) is 0 Å². The van der Waals surface area contributed by atoms with Crippen LogP contribution in [0.1, 0.15) is 34.7 Å². The van der Waals surface area contributed by atoms with Gasteiger partial charge in [0, 0.05) is 21.2 Å². The van der Waals surface area contributed by atoms with Crippen molar-refractivity contribution in [2.75, 3.05) is 14.2 Å². The molecule has 0 saturated heterocycles. The van der Waals surface area contributed by atoms with Crippen LogP contribution in [0, 0.1) is 0 Å². The first-order valence-electron chi connectivity index (χ1n) is 11.8. The van der Waals surface area contributed by atoms with Crippen molar-refractivity contribution in [3.63, 3.8) is 0 Å². The standard InChI is InChI=1S/C29H22Cl2N2O3S/c1-35-23-9-5-8-21(27(23)36-2)26-20-13-11-16-6-3-4-7-19(16)25(20)32-29-33(26)28(34)24(37-29)14-17-10-12-18(30)15-22(17)31/h3-10,12,14-15,26H,11,13H2,1-2H3. The number of aryl methyl sites for hydroxylation is 1. The van der Waals surface area contributed by atoms with Gasteiger partial charge in [0.05, 0.1) is 30.5 Å². The maximum atomic E-state index is 14.0. The quantitative estimate of drug-likeness (QED) is 0.331. The van der Waals surface area contributed by atoms with Crippen molar-refractivity contribution < 1.29 is 9.47 Å². The van der Waals surface area contributed by atoms with Crippen LogP contribution in [0.15, 0.2) is 76.0 Å². The molecule has 0 amide bonds.